The molecule has 1 aromatic carbocycles. The summed E-state index contributed by atoms with van der Waals surface area (Å²) < 4.78 is 0. The van der Waals surface area contributed by atoms with Crippen LogP contribution in [0.5, 0.6) is 0 Å². The monoisotopic (exact) mass is 235 g/mol. The Morgan fingerprint density at radius 3 is 2.65 bits per heavy atom. The Balaban J connectivity index is 1.85. The van der Waals surface area contributed by atoms with Crippen molar-refractivity contribution in [1.82, 2.24) is 4.90 Å². The van der Waals surface area contributed by atoms with Crippen LogP contribution >= 0.6 is 0 Å². The van der Waals surface area contributed by atoms with Crippen LogP contribution in [0.4, 0.5) is 5.69 Å². The van der Waals surface area contributed by atoms with Crippen LogP contribution in [0, 0.1) is 10.1 Å². The topological polar surface area (TPSA) is 72.4 Å². The highest BCUT2D eigenvalue weighted by atomic mass is 16.6. The Morgan fingerprint density at radius 1 is 1.41 bits per heavy atom. The molecule has 5 nitrogen and oxygen atoms in total. The smallest absolute Gasteiger partial charge is 0.269 e. The average molecular weight is 235 g/mol. The number of non-ortho nitro benzene ring substituents is 1. The molecule has 2 N–H and O–H groups in total. The molecule has 2 rings (SSSR count). The van der Waals surface area contributed by atoms with E-state index in [9.17, 15) is 10.1 Å². The standard InChI is InChI=1S/C12H17N3O2/c13-11-6-8-14(9-11)7-5-10-1-3-12(4-2-10)15(16)17/h1-4,11H,5-9,13H2. The van der Waals surface area contributed by atoms with Crippen molar-refractivity contribution in [3.63, 3.8) is 0 Å². The van der Waals surface area contributed by atoms with E-state index in [1.807, 2.05) is 12.1 Å². The molecule has 1 aliphatic rings. The van der Waals surface area contributed by atoms with Crippen molar-refractivity contribution in [1.29, 1.82) is 0 Å². The summed E-state index contributed by atoms with van der Waals surface area (Å²) in [6.45, 7) is 3.01. The maximum absolute atomic E-state index is 10.5. The lowest BCUT2D eigenvalue weighted by Crippen LogP contribution is -2.28. The van der Waals surface area contributed by atoms with Gasteiger partial charge in [0.15, 0.2) is 0 Å². The van der Waals surface area contributed by atoms with Crippen molar-refractivity contribution in [2.24, 2.45) is 5.73 Å². The van der Waals surface area contributed by atoms with E-state index in [0.29, 0.717) is 6.04 Å². The van der Waals surface area contributed by atoms with Crippen LogP contribution in [-0.2, 0) is 6.42 Å². The third-order valence-electron chi connectivity index (χ3n) is 3.17. The molecule has 0 spiro atoms. The summed E-state index contributed by atoms with van der Waals surface area (Å²) in [7, 11) is 0. The van der Waals surface area contributed by atoms with E-state index in [0.717, 1.165) is 38.0 Å². The van der Waals surface area contributed by atoms with E-state index in [1.54, 1.807) is 12.1 Å². The molecular formula is C12H17N3O2. The molecule has 1 atom stereocenters. The molecule has 0 radical (unpaired) electrons. The zero-order chi connectivity index (χ0) is 12.3. The summed E-state index contributed by atoms with van der Waals surface area (Å²) in [5.41, 5.74) is 7.12. The lowest BCUT2D eigenvalue weighted by atomic mass is 10.1. The van der Waals surface area contributed by atoms with Gasteiger partial charge < -0.3 is 10.6 Å². The second kappa shape index (κ2) is 5.25. The van der Waals surface area contributed by atoms with Gasteiger partial charge in [0.25, 0.3) is 5.69 Å². The molecule has 0 aromatic heterocycles. The first kappa shape index (κ1) is 12.0. The van der Waals surface area contributed by atoms with Gasteiger partial charge in [-0.3, -0.25) is 10.1 Å². The van der Waals surface area contributed by atoms with Crippen LogP contribution < -0.4 is 5.73 Å². The minimum Gasteiger partial charge on any atom is -0.326 e. The van der Waals surface area contributed by atoms with E-state index in [1.165, 1.54) is 0 Å². The van der Waals surface area contributed by atoms with Crippen LogP contribution in [0.3, 0.4) is 0 Å². The third-order valence-corrected chi connectivity index (χ3v) is 3.17. The Morgan fingerprint density at radius 2 is 2.12 bits per heavy atom. The fourth-order valence-electron chi connectivity index (χ4n) is 2.14. The minimum absolute atomic E-state index is 0.150. The summed E-state index contributed by atoms with van der Waals surface area (Å²) in [6.07, 6.45) is 1.99. The number of rotatable bonds is 4. The fraction of sp³-hybridized carbons (Fsp3) is 0.500. The molecule has 1 unspecified atom stereocenters. The number of nitro benzene ring substituents is 1. The number of nitrogens with zero attached hydrogens (tertiary/aromatic N) is 2. The molecular weight excluding hydrogens is 218 g/mol. The predicted octanol–water partition coefficient (Wildman–Crippen LogP) is 1.17. The molecule has 0 saturated carbocycles. The van der Waals surface area contributed by atoms with Gasteiger partial charge in [0, 0.05) is 31.3 Å². The molecule has 1 aromatic rings. The molecule has 1 aliphatic heterocycles. The van der Waals surface area contributed by atoms with E-state index in [-0.39, 0.29) is 10.6 Å². The molecule has 5 heteroatoms. The highest BCUT2D eigenvalue weighted by molar-refractivity contribution is 5.32. The minimum atomic E-state index is -0.372. The van der Waals surface area contributed by atoms with Crippen molar-refractivity contribution >= 4 is 5.69 Å². The summed E-state index contributed by atoms with van der Waals surface area (Å²) in [5, 5.41) is 10.5. The summed E-state index contributed by atoms with van der Waals surface area (Å²) in [5.74, 6) is 0. The van der Waals surface area contributed by atoms with Gasteiger partial charge in [0.2, 0.25) is 0 Å². The maximum Gasteiger partial charge on any atom is 0.269 e. The van der Waals surface area contributed by atoms with Gasteiger partial charge in [-0.05, 0) is 24.9 Å². The maximum atomic E-state index is 10.5. The van der Waals surface area contributed by atoms with Crippen molar-refractivity contribution in [2.75, 3.05) is 19.6 Å². The zero-order valence-corrected chi connectivity index (χ0v) is 9.71. The fourth-order valence-corrected chi connectivity index (χ4v) is 2.14. The average Bonchev–Trinajstić information content (AvgIpc) is 2.73. The summed E-state index contributed by atoms with van der Waals surface area (Å²) >= 11 is 0. The second-order valence-electron chi connectivity index (χ2n) is 4.52. The first-order chi connectivity index (χ1) is 8.15. The lowest BCUT2D eigenvalue weighted by molar-refractivity contribution is -0.384. The molecule has 17 heavy (non-hydrogen) atoms. The van der Waals surface area contributed by atoms with Gasteiger partial charge in [0.05, 0.1) is 4.92 Å². The van der Waals surface area contributed by atoms with Crippen LogP contribution in [0.1, 0.15) is 12.0 Å². The van der Waals surface area contributed by atoms with Gasteiger partial charge in [-0.15, -0.1) is 0 Å². The van der Waals surface area contributed by atoms with Gasteiger partial charge in [0.1, 0.15) is 0 Å². The van der Waals surface area contributed by atoms with Crippen molar-refractivity contribution in [3.05, 3.63) is 39.9 Å². The first-order valence-corrected chi connectivity index (χ1v) is 5.86. The van der Waals surface area contributed by atoms with E-state index in [2.05, 4.69) is 4.90 Å². The van der Waals surface area contributed by atoms with Crippen LogP contribution in [0.2, 0.25) is 0 Å². The summed E-state index contributed by atoms with van der Waals surface area (Å²) in [4.78, 5) is 12.5. The number of hydrogen-bond acceptors (Lipinski definition) is 4. The highest BCUT2D eigenvalue weighted by Gasteiger charge is 2.18. The van der Waals surface area contributed by atoms with Crippen molar-refractivity contribution in [2.45, 2.75) is 18.9 Å². The number of likely N-dealkylation sites (tertiary alicyclic amines) is 1. The van der Waals surface area contributed by atoms with Crippen LogP contribution in [0.15, 0.2) is 24.3 Å². The largest absolute Gasteiger partial charge is 0.326 e. The highest BCUT2D eigenvalue weighted by Crippen LogP contribution is 2.13. The first-order valence-electron chi connectivity index (χ1n) is 5.86. The molecule has 1 heterocycles. The van der Waals surface area contributed by atoms with Gasteiger partial charge in [-0.2, -0.15) is 0 Å². The predicted molar refractivity (Wildman–Crippen MR) is 65.8 cm³/mol. The molecule has 0 bridgehead atoms. The quantitative estimate of drug-likeness (QED) is 0.628. The number of benzene rings is 1. The molecule has 1 fully saturated rings. The Hall–Kier alpha value is -1.46. The number of hydrogen-bond donors (Lipinski definition) is 1. The van der Waals surface area contributed by atoms with Crippen LogP contribution in [0.25, 0.3) is 0 Å². The van der Waals surface area contributed by atoms with Gasteiger partial charge in [-0.1, -0.05) is 12.1 Å². The Kier molecular flexibility index (Phi) is 3.71. The number of nitrogens with two attached hydrogens (primary N) is 1. The normalized spacial score (nSPS) is 20.6. The second-order valence-corrected chi connectivity index (χ2v) is 4.52. The van der Waals surface area contributed by atoms with Crippen molar-refractivity contribution < 1.29 is 4.92 Å². The Labute approximate surface area is 100 Å². The van der Waals surface area contributed by atoms with Crippen molar-refractivity contribution in [3.8, 4) is 0 Å². The SMILES string of the molecule is NC1CCN(CCc2ccc([N+](=O)[O-])cc2)C1. The molecule has 92 valence electrons. The van der Waals surface area contributed by atoms with Gasteiger partial charge in [-0.25, -0.2) is 0 Å². The van der Waals surface area contributed by atoms with E-state index >= 15 is 0 Å². The summed E-state index contributed by atoms with van der Waals surface area (Å²) in [6, 6.07) is 7.09. The molecule has 1 saturated heterocycles. The van der Waals surface area contributed by atoms with Crippen LogP contribution in [-0.4, -0.2) is 35.5 Å². The number of nitro groups is 1. The molecule has 0 aliphatic carbocycles. The molecule has 0 amide bonds. The Bertz CT molecular complexity index is 391. The lowest BCUT2D eigenvalue weighted by Gasteiger charge is -2.14. The third kappa shape index (κ3) is 3.25. The van der Waals surface area contributed by atoms with Gasteiger partial charge >= 0.3 is 0 Å². The zero-order valence-electron chi connectivity index (χ0n) is 9.71. The van der Waals surface area contributed by atoms with E-state index < -0.39 is 0 Å². The van der Waals surface area contributed by atoms with E-state index in [4.69, 9.17) is 5.73 Å².